The molecule has 0 fully saturated rings. The van der Waals surface area contributed by atoms with E-state index in [1.54, 1.807) is 0 Å². The largest absolute Gasteiger partial charge is 0.325 e. The van der Waals surface area contributed by atoms with E-state index in [9.17, 15) is 9.59 Å². The van der Waals surface area contributed by atoms with Gasteiger partial charge in [0.25, 0.3) is 0 Å². The molecular weight excluding hydrogens is 380 g/mol. The number of hydrogen-bond acceptors (Lipinski definition) is 3. The average molecular weight is 405 g/mol. The van der Waals surface area contributed by atoms with Crippen molar-refractivity contribution in [3.8, 4) is 0 Å². The molecule has 0 atom stereocenters. The highest BCUT2D eigenvalue weighted by Gasteiger charge is 2.14. The van der Waals surface area contributed by atoms with E-state index in [-0.39, 0.29) is 23.3 Å². The van der Waals surface area contributed by atoms with Gasteiger partial charge in [0.1, 0.15) is 0 Å². The first-order valence-electron chi connectivity index (χ1n) is 8.99. The standard InChI is InChI=1S/C21H25ClN2O2S/c1-4-15-8-11-18(22)17(5-2)21(15)24-20(26)13-27-12-19(25)23-16-9-6-14(3)7-10-16/h6-11H,4-5,12-13H2,1-3H3,(H,23,25)(H,24,26). The molecule has 0 aromatic heterocycles. The second kappa shape index (κ2) is 10.4. The van der Waals surface area contributed by atoms with Crippen LogP contribution < -0.4 is 10.6 Å². The van der Waals surface area contributed by atoms with Gasteiger partial charge in [0.15, 0.2) is 0 Å². The third kappa shape index (κ3) is 6.29. The highest BCUT2D eigenvalue weighted by Crippen LogP contribution is 2.29. The van der Waals surface area contributed by atoms with Crippen LogP contribution in [0.4, 0.5) is 11.4 Å². The Labute approximate surface area is 170 Å². The molecule has 0 radical (unpaired) electrons. The average Bonchev–Trinajstić information content (AvgIpc) is 2.64. The predicted octanol–water partition coefficient (Wildman–Crippen LogP) is 5.08. The summed E-state index contributed by atoms with van der Waals surface area (Å²) >= 11 is 7.55. The molecule has 0 aliphatic heterocycles. The molecule has 0 saturated heterocycles. The van der Waals surface area contributed by atoms with Crippen LogP contribution in [-0.2, 0) is 22.4 Å². The summed E-state index contributed by atoms with van der Waals surface area (Å²) in [5.74, 6) is 0.177. The van der Waals surface area contributed by atoms with Gasteiger partial charge in [0, 0.05) is 16.4 Å². The number of carbonyl (C=O) groups excluding carboxylic acids is 2. The van der Waals surface area contributed by atoms with Crippen LogP contribution in [0.3, 0.4) is 0 Å². The van der Waals surface area contributed by atoms with E-state index in [4.69, 9.17) is 11.6 Å². The van der Waals surface area contributed by atoms with Gasteiger partial charge in [0.2, 0.25) is 11.8 Å². The molecule has 0 saturated carbocycles. The lowest BCUT2D eigenvalue weighted by molar-refractivity contribution is -0.114. The van der Waals surface area contributed by atoms with Crippen molar-refractivity contribution in [2.45, 2.75) is 33.6 Å². The molecule has 2 rings (SSSR count). The number of anilines is 2. The fraction of sp³-hybridized carbons (Fsp3) is 0.333. The zero-order valence-corrected chi connectivity index (χ0v) is 17.5. The highest BCUT2D eigenvalue weighted by molar-refractivity contribution is 8.00. The zero-order valence-electron chi connectivity index (χ0n) is 15.9. The number of thioether (sulfide) groups is 1. The van der Waals surface area contributed by atoms with Gasteiger partial charge >= 0.3 is 0 Å². The molecule has 144 valence electrons. The van der Waals surface area contributed by atoms with E-state index in [0.29, 0.717) is 5.02 Å². The first-order chi connectivity index (χ1) is 12.9. The van der Waals surface area contributed by atoms with Crippen LogP contribution in [0.25, 0.3) is 0 Å². The Hall–Kier alpha value is -1.98. The second-order valence-corrected chi connectivity index (χ2v) is 7.62. The number of benzene rings is 2. The summed E-state index contributed by atoms with van der Waals surface area (Å²) in [6, 6.07) is 11.4. The minimum Gasteiger partial charge on any atom is -0.325 e. The number of amides is 2. The quantitative estimate of drug-likeness (QED) is 0.644. The maximum atomic E-state index is 12.3. The number of aryl methyl sites for hydroxylation is 2. The van der Waals surface area contributed by atoms with E-state index in [1.165, 1.54) is 11.8 Å². The molecule has 0 aliphatic rings. The number of hydrogen-bond donors (Lipinski definition) is 2. The Morgan fingerprint density at radius 2 is 1.56 bits per heavy atom. The lowest BCUT2D eigenvalue weighted by Gasteiger charge is -2.16. The van der Waals surface area contributed by atoms with Crippen molar-refractivity contribution in [2.75, 3.05) is 22.1 Å². The minimum atomic E-state index is -0.130. The summed E-state index contributed by atoms with van der Waals surface area (Å²) in [6.07, 6.45) is 1.56. The Morgan fingerprint density at radius 1 is 0.926 bits per heavy atom. The molecule has 6 heteroatoms. The van der Waals surface area contributed by atoms with E-state index in [0.717, 1.165) is 40.9 Å². The smallest absolute Gasteiger partial charge is 0.234 e. The van der Waals surface area contributed by atoms with Crippen molar-refractivity contribution < 1.29 is 9.59 Å². The fourth-order valence-electron chi connectivity index (χ4n) is 2.71. The molecule has 2 N–H and O–H groups in total. The van der Waals surface area contributed by atoms with Gasteiger partial charge in [-0.2, -0.15) is 0 Å². The lowest BCUT2D eigenvalue weighted by atomic mass is 10.0. The van der Waals surface area contributed by atoms with Gasteiger partial charge < -0.3 is 10.6 Å². The van der Waals surface area contributed by atoms with Crippen LogP contribution in [0.2, 0.25) is 5.02 Å². The normalized spacial score (nSPS) is 10.5. The van der Waals surface area contributed by atoms with Crippen molar-refractivity contribution in [3.63, 3.8) is 0 Å². The lowest BCUT2D eigenvalue weighted by Crippen LogP contribution is -2.19. The second-order valence-electron chi connectivity index (χ2n) is 6.22. The number of halogens is 1. The maximum absolute atomic E-state index is 12.3. The molecule has 0 unspecified atom stereocenters. The van der Waals surface area contributed by atoms with Crippen molar-refractivity contribution in [1.29, 1.82) is 0 Å². The zero-order chi connectivity index (χ0) is 19.8. The molecule has 0 spiro atoms. The molecular formula is C21H25ClN2O2S. The van der Waals surface area contributed by atoms with Crippen molar-refractivity contribution in [2.24, 2.45) is 0 Å². The van der Waals surface area contributed by atoms with E-state index < -0.39 is 0 Å². The van der Waals surface area contributed by atoms with Crippen LogP contribution in [0.5, 0.6) is 0 Å². The van der Waals surface area contributed by atoms with Crippen LogP contribution in [0, 0.1) is 6.92 Å². The van der Waals surface area contributed by atoms with Gasteiger partial charge in [-0.1, -0.05) is 49.2 Å². The summed E-state index contributed by atoms with van der Waals surface area (Å²) in [5, 5.41) is 6.47. The number of nitrogens with one attached hydrogen (secondary N) is 2. The van der Waals surface area contributed by atoms with Gasteiger partial charge in [-0.25, -0.2) is 0 Å². The predicted molar refractivity (Wildman–Crippen MR) is 116 cm³/mol. The summed E-state index contributed by atoms with van der Waals surface area (Å²) < 4.78 is 0. The third-order valence-corrected chi connectivity index (χ3v) is 5.43. The van der Waals surface area contributed by atoms with Crippen molar-refractivity contribution in [3.05, 3.63) is 58.1 Å². The topological polar surface area (TPSA) is 58.2 Å². The van der Waals surface area contributed by atoms with Gasteiger partial charge in [-0.05, 0) is 49.1 Å². The maximum Gasteiger partial charge on any atom is 0.234 e. The molecule has 2 aromatic rings. The highest BCUT2D eigenvalue weighted by atomic mass is 35.5. The van der Waals surface area contributed by atoms with E-state index in [1.807, 2.05) is 57.2 Å². The molecule has 2 amide bonds. The Morgan fingerprint density at radius 3 is 2.15 bits per heavy atom. The van der Waals surface area contributed by atoms with E-state index in [2.05, 4.69) is 10.6 Å². The van der Waals surface area contributed by atoms with E-state index >= 15 is 0 Å². The summed E-state index contributed by atoms with van der Waals surface area (Å²) in [6.45, 7) is 6.05. The van der Waals surface area contributed by atoms with Crippen LogP contribution in [-0.4, -0.2) is 23.3 Å². The Balaban J connectivity index is 1.87. The van der Waals surface area contributed by atoms with Gasteiger partial charge in [-0.15, -0.1) is 11.8 Å². The summed E-state index contributed by atoms with van der Waals surface area (Å²) in [4.78, 5) is 24.3. The first kappa shape index (κ1) is 21.3. The van der Waals surface area contributed by atoms with Gasteiger partial charge in [-0.3, -0.25) is 9.59 Å². The SMILES string of the molecule is CCc1ccc(Cl)c(CC)c1NC(=O)CSCC(=O)Nc1ccc(C)cc1. The van der Waals surface area contributed by atoms with Crippen molar-refractivity contribution >= 4 is 46.6 Å². The molecule has 0 bridgehead atoms. The Kier molecular flexibility index (Phi) is 8.20. The van der Waals surface area contributed by atoms with Crippen LogP contribution >= 0.6 is 23.4 Å². The Bertz CT molecular complexity index is 807. The monoisotopic (exact) mass is 404 g/mol. The summed E-state index contributed by atoms with van der Waals surface area (Å²) in [5.41, 5.74) is 4.72. The molecule has 4 nitrogen and oxygen atoms in total. The number of carbonyl (C=O) groups is 2. The van der Waals surface area contributed by atoms with Crippen LogP contribution in [0.1, 0.15) is 30.5 Å². The molecule has 0 aliphatic carbocycles. The number of rotatable bonds is 8. The van der Waals surface area contributed by atoms with Crippen molar-refractivity contribution in [1.82, 2.24) is 0 Å². The molecule has 27 heavy (non-hydrogen) atoms. The first-order valence-corrected chi connectivity index (χ1v) is 10.5. The third-order valence-electron chi connectivity index (χ3n) is 4.14. The van der Waals surface area contributed by atoms with Crippen LogP contribution in [0.15, 0.2) is 36.4 Å². The van der Waals surface area contributed by atoms with Gasteiger partial charge in [0.05, 0.1) is 11.5 Å². The molecule has 2 aromatic carbocycles. The summed E-state index contributed by atoms with van der Waals surface area (Å²) in [7, 11) is 0. The fourth-order valence-corrected chi connectivity index (χ4v) is 3.62. The molecule has 0 heterocycles. The minimum absolute atomic E-state index is 0.122.